The molecule has 30 heavy (non-hydrogen) atoms. The number of carbonyl (C=O) groups excluding carboxylic acids is 2. The van der Waals surface area contributed by atoms with Crippen LogP contribution in [-0.4, -0.2) is 27.5 Å². The van der Waals surface area contributed by atoms with Crippen LogP contribution in [0.1, 0.15) is 24.2 Å². The number of benzene rings is 1. The Balaban J connectivity index is 2.41. The van der Waals surface area contributed by atoms with E-state index in [1.165, 1.54) is 24.4 Å². The molecule has 2 aromatic rings. The summed E-state index contributed by atoms with van der Waals surface area (Å²) in [5.74, 6) is -0.915. The second-order valence-corrected chi connectivity index (χ2v) is 8.36. The number of allylic oxidation sites excluding steroid dienone is 1. The minimum Gasteiger partial charge on any atom is -0.350 e. The number of nitrogens with zero attached hydrogens (tertiary/aromatic N) is 1. The minimum atomic E-state index is -0.677. The molecule has 158 valence electrons. The van der Waals surface area contributed by atoms with Gasteiger partial charge in [0.1, 0.15) is 11.5 Å². The predicted molar refractivity (Wildman–Crippen MR) is 125 cm³/mol. The third-order valence-corrected chi connectivity index (χ3v) is 4.54. The fourth-order valence-corrected chi connectivity index (χ4v) is 3.23. The van der Waals surface area contributed by atoms with Gasteiger partial charge in [-0.05, 0) is 60.1 Å². The highest BCUT2D eigenvalue weighted by Crippen LogP contribution is 2.31. The molecular weight excluding hydrogens is 517 g/mol. The first-order valence-corrected chi connectivity index (χ1v) is 10.5. The van der Waals surface area contributed by atoms with Crippen molar-refractivity contribution in [1.82, 2.24) is 10.3 Å². The zero-order valence-electron chi connectivity index (χ0n) is 15.8. The van der Waals surface area contributed by atoms with Crippen molar-refractivity contribution in [2.24, 2.45) is 0 Å². The van der Waals surface area contributed by atoms with Crippen molar-refractivity contribution in [3.05, 3.63) is 62.9 Å². The van der Waals surface area contributed by atoms with Gasteiger partial charge < -0.3 is 16.0 Å². The highest BCUT2D eigenvalue weighted by molar-refractivity contribution is 9.18. The molecule has 2 amide bonds. The van der Waals surface area contributed by atoms with Crippen LogP contribution >= 0.6 is 50.7 Å². The SMILES string of the molecule is CC(C)NC(=O)c1cc(Cl)cc(Cl)c1NC(=O)/C(=C/C(=N)Br)Nc1ncccc1Cl. The summed E-state index contributed by atoms with van der Waals surface area (Å²) in [5.41, 5.74) is 0.113. The van der Waals surface area contributed by atoms with Crippen LogP contribution in [0.15, 0.2) is 42.2 Å². The van der Waals surface area contributed by atoms with E-state index in [0.717, 1.165) is 0 Å². The summed E-state index contributed by atoms with van der Waals surface area (Å²) in [4.78, 5) is 29.6. The van der Waals surface area contributed by atoms with Crippen LogP contribution in [0.2, 0.25) is 15.1 Å². The molecule has 0 fully saturated rings. The molecule has 0 aliphatic rings. The lowest BCUT2D eigenvalue weighted by Gasteiger charge is -2.17. The maximum atomic E-state index is 12.9. The minimum absolute atomic E-state index is 0.0568. The number of halogens is 4. The van der Waals surface area contributed by atoms with Gasteiger partial charge in [0.25, 0.3) is 11.8 Å². The summed E-state index contributed by atoms with van der Waals surface area (Å²) in [6, 6.07) is 5.90. The van der Waals surface area contributed by atoms with Gasteiger partial charge >= 0.3 is 0 Å². The Morgan fingerprint density at radius 3 is 2.47 bits per heavy atom. The van der Waals surface area contributed by atoms with Crippen molar-refractivity contribution in [1.29, 1.82) is 5.41 Å². The molecule has 0 atom stereocenters. The zero-order chi connectivity index (χ0) is 22.4. The third-order valence-electron chi connectivity index (χ3n) is 3.49. The molecule has 4 N–H and O–H groups in total. The average molecular weight is 534 g/mol. The summed E-state index contributed by atoms with van der Waals surface area (Å²) in [7, 11) is 0. The van der Waals surface area contributed by atoms with E-state index in [2.05, 4.69) is 36.9 Å². The monoisotopic (exact) mass is 531 g/mol. The van der Waals surface area contributed by atoms with E-state index < -0.39 is 11.8 Å². The first-order valence-electron chi connectivity index (χ1n) is 8.53. The number of amides is 2. The zero-order valence-corrected chi connectivity index (χ0v) is 19.7. The Morgan fingerprint density at radius 1 is 1.17 bits per heavy atom. The molecule has 0 radical (unpaired) electrons. The topological polar surface area (TPSA) is 107 Å². The molecule has 1 aromatic heterocycles. The van der Waals surface area contributed by atoms with Crippen molar-refractivity contribution >= 4 is 78.7 Å². The fraction of sp³-hybridized carbons (Fsp3) is 0.158. The largest absolute Gasteiger partial charge is 0.350 e. The van der Waals surface area contributed by atoms with E-state index in [1.54, 1.807) is 26.0 Å². The van der Waals surface area contributed by atoms with Gasteiger partial charge in [0.15, 0.2) is 0 Å². The first-order chi connectivity index (χ1) is 14.1. The average Bonchev–Trinajstić information content (AvgIpc) is 2.63. The Hall–Kier alpha value is -2.13. The molecule has 0 aliphatic heterocycles. The highest BCUT2D eigenvalue weighted by atomic mass is 79.9. The first kappa shape index (κ1) is 24.1. The Morgan fingerprint density at radius 2 is 1.87 bits per heavy atom. The molecule has 0 bridgehead atoms. The van der Waals surface area contributed by atoms with E-state index in [-0.39, 0.29) is 48.5 Å². The molecule has 1 heterocycles. The van der Waals surface area contributed by atoms with Crippen molar-refractivity contribution in [3.8, 4) is 0 Å². The highest BCUT2D eigenvalue weighted by Gasteiger charge is 2.21. The third kappa shape index (κ3) is 6.70. The molecule has 1 aromatic carbocycles. The number of hydrogen-bond acceptors (Lipinski definition) is 5. The van der Waals surface area contributed by atoms with Crippen LogP contribution < -0.4 is 16.0 Å². The van der Waals surface area contributed by atoms with Crippen molar-refractivity contribution < 1.29 is 9.59 Å². The lowest BCUT2D eigenvalue weighted by atomic mass is 10.1. The second kappa shape index (κ2) is 10.8. The lowest BCUT2D eigenvalue weighted by Crippen LogP contribution is -2.31. The Bertz CT molecular complexity index is 1030. The predicted octanol–water partition coefficient (Wildman–Crippen LogP) is 5.49. The number of anilines is 2. The number of pyridine rings is 1. The fourth-order valence-electron chi connectivity index (χ4n) is 2.29. The standard InChI is InChI=1S/C19H17BrCl3N5O2/c1-9(2)26-18(29)11-6-10(21)7-13(23)16(11)28-19(30)14(8-15(20)24)27-17-12(22)4-3-5-25-17/h3-9,24H,1-2H3,(H,25,27)(H,26,29)(H,28,30)/b14-8-,24-15?. The molecule has 0 spiro atoms. The Kier molecular flexibility index (Phi) is 8.66. The lowest BCUT2D eigenvalue weighted by molar-refractivity contribution is -0.112. The van der Waals surface area contributed by atoms with Crippen molar-refractivity contribution in [3.63, 3.8) is 0 Å². The van der Waals surface area contributed by atoms with Crippen LogP contribution in [0, 0.1) is 5.41 Å². The normalized spacial score (nSPS) is 11.2. The van der Waals surface area contributed by atoms with Crippen molar-refractivity contribution in [2.75, 3.05) is 10.6 Å². The maximum Gasteiger partial charge on any atom is 0.272 e. The summed E-state index contributed by atoms with van der Waals surface area (Å²) < 4.78 is -0.0767. The quantitative estimate of drug-likeness (QED) is 0.279. The van der Waals surface area contributed by atoms with E-state index in [1.807, 2.05) is 0 Å². The molecule has 2 rings (SSSR count). The number of rotatable bonds is 7. The van der Waals surface area contributed by atoms with Gasteiger partial charge in [-0.25, -0.2) is 4.98 Å². The van der Waals surface area contributed by atoms with E-state index >= 15 is 0 Å². The summed E-state index contributed by atoms with van der Waals surface area (Å²) in [5, 5.41) is 16.3. The van der Waals surface area contributed by atoms with Gasteiger partial charge in [-0.2, -0.15) is 0 Å². The van der Waals surface area contributed by atoms with E-state index in [0.29, 0.717) is 0 Å². The van der Waals surface area contributed by atoms with E-state index in [9.17, 15) is 9.59 Å². The van der Waals surface area contributed by atoms with Gasteiger partial charge in [0.05, 0.1) is 25.9 Å². The molecule has 0 aliphatic carbocycles. The van der Waals surface area contributed by atoms with Crippen LogP contribution in [0.4, 0.5) is 11.5 Å². The number of carbonyl (C=O) groups is 2. The van der Waals surface area contributed by atoms with Crippen LogP contribution in [-0.2, 0) is 4.79 Å². The van der Waals surface area contributed by atoms with Crippen LogP contribution in [0.25, 0.3) is 0 Å². The smallest absolute Gasteiger partial charge is 0.272 e. The molecule has 0 saturated carbocycles. The van der Waals surface area contributed by atoms with Crippen molar-refractivity contribution in [2.45, 2.75) is 19.9 Å². The molecule has 11 heteroatoms. The molecule has 7 nitrogen and oxygen atoms in total. The summed E-state index contributed by atoms with van der Waals surface area (Å²) >= 11 is 21.4. The molecule has 0 unspecified atom stereocenters. The van der Waals surface area contributed by atoms with Gasteiger partial charge in [-0.1, -0.05) is 34.8 Å². The molecule has 0 saturated heterocycles. The number of hydrogen-bond donors (Lipinski definition) is 4. The summed E-state index contributed by atoms with van der Waals surface area (Å²) in [6.45, 7) is 3.59. The van der Waals surface area contributed by atoms with Crippen LogP contribution in [0.5, 0.6) is 0 Å². The van der Waals surface area contributed by atoms with Gasteiger partial charge in [0, 0.05) is 17.3 Å². The van der Waals surface area contributed by atoms with Crippen LogP contribution in [0.3, 0.4) is 0 Å². The summed E-state index contributed by atoms with van der Waals surface area (Å²) in [6.07, 6.45) is 2.71. The van der Waals surface area contributed by atoms with Gasteiger partial charge in [-0.3, -0.25) is 15.0 Å². The van der Waals surface area contributed by atoms with Gasteiger partial charge in [-0.15, -0.1) is 0 Å². The maximum absolute atomic E-state index is 12.9. The number of aromatic nitrogens is 1. The van der Waals surface area contributed by atoms with E-state index in [4.69, 9.17) is 40.2 Å². The number of nitrogens with one attached hydrogen (secondary N) is 4. The van der Waals surface area contributed by atoms with Gasteiger partial charge in [0.2, 0.25) is 0 Å². The molecular formula is C19H17BrCl3N5O2. The second-order valence-electron chi connectivity index (χ2n) is 6.26. The Labute approximate surface area is 196 Å².